The van der Waals surface area contributed by atoms with Crippen LogP contribution in [0.1, 0.15) is 38.3 Å². The van der Waals surface area contributed by atoms with E-state index in [0.717, 1.165) is 17.5 Å². The fourth-order valence-electron chi connectivity index (χ4n) is 2.91. The van der Waals surface area contributed by atoms with Crippen LogP contribution in [0.2, 0.25) is 5.02 Å². The number of rotatable bonds is 9. The van der Waals surface area contributed by atoms with Crippen molar-refractivity contribution in [3.05, 3.63) is 70.7 Å². The summed E-state index contributed by atoms with van der Waals surface area (Å²) in [5.74, 6) is -0.183. The molecule has 0 aromatic heterocycles. The number of nitrogens with zero attached hydrogens (tertiary/aromatic N) is 1. The molecule has 0 aliphatic carbocycles. The molecule has 5 heteroatoms. The standard InChI is InChI=1S/C23H29ClN2O2/c1-4-17(2)25-23(28)18(3)26(15-14-19-8-6-5-7-9-19)22(27)16-20-10-12-21(24)13-11-20/h5-13,17-18H,4,14-16H2,1-3H3,(H,25,28)/t17-,18+/m1/s1. The van der Waals surface area contributed by atoms with Gasteiger partial charge in [0.2, 0.25) is 11.8 Å². The first-order chi connectivity index (χ1) is 13.4. The van der Waals surface area contributed by atoms with Gasteiger partial charge in [-0.3, -0.25) is 9.59 Å². The van der Waals surface area contributed by atoms with Crippen LogP contribution in [0.3, 0.4) is 0 Å². The van der Waals surface area contributed by atoms with Crippen LogP contribution in [0.15, 0.2) is 54.6 Å². The first-order valence-electron chi connectivity index (χ1n) is 9.79. The lowest BCUT2D eigenvalue weighted by Crippen LogP contribution is -2.50. The molecule has 0 aliphatic heterocycles. The maximum Gasteiger partial charge on any atom is 0.242 e. The molecule has 0 bridgehead atoms. The highest BCUT2D eigenvalue weighted by atomic mass is 35.5. The van der Waals surface area contributed by atoms with E-state index in [1.807, 2.05) is 56.3 Å². The van der Waals surface area contributed by atoms with Crippen LogP contribution in [-0.2, 0) is 22.4 Å². The van der Waals surface area contributed by atoms with E-state index in [1.54, 1.807) is 24.0 Å². The van der Waals surface area contributed by atoms with E-state index < -0.39 is 6.04 Å². The SMILES string of the molecule is CC[C@@H](C)NC(=O)[C@H](C)N(CCc1ccccc1)C(=O)Cc1ccc(Cl)cc1. The van der Waals surface area contributed by atoms with Gasteiger partial charge in [-0.25, -0.2) is 0 Å². The minimum Gasteiger partial charge on any atom is -0.352 e. The highest BCUT2D eigenvalue weighted by molar-refractivity contribution is 6.30. The second-order valence-electron chi connectivity index (χ2n) is 7.12. The van der Waals surface area contributed by atoms with Gasteiger partial charge in [0.05, 0.1) is 6.42 Å². The molecule has 2 atom stereocenters. The first kappa shape index (κ1) is 22.0. The minimum absolute atomic E-state index is 0.0648. The Hall–Kier alpha value is -2.33. The van der Waals surface area contributed by atoms with Gasteiger partial charge in [-0.05, 0) is 49.9 Å². The predicted octanol–water partition coefficient (Wildman–Crippen LogP) is 4.26. The molecule has 2 amide bonds. The van der Waals surface area contributed by atoms with Crippen molar-refractivity contribution in [3.63, 3.8) is 0 Å². The largest absolute Gasteiger partial charge is 0.352 e. The van der Waals surface area contributed by atoms with Crippen molar-refractivity contribution in [2.45, 2.75) is 52.1 Å². The van der Waals surface area contributed by atoms with Gasteiger partial charge in [-0.1, -0.05) is 61.0 Å². The van der Waals surface area contributed by atoms with Gasteiger partial charge in [-0.15, -0.1) is 0 Å². The molecule has 0 radical (unpaired) electrons. The molecular formula is C23H29ClN2O2. The maximum atomic E-state index is 13.0. The third-order valence-electron chi connectivity index (χ3n) is 4.92. The van der Waals surface area contributed by atoms with Crippen LogP contribution >= 0.6 is 11.6 Å². The van der Waals surface area contributed by atoms with Gasteiger partial charge in [0.1, 0.15) is 6.04 Å². The van der Waals surface area contributed by atoms with Crippen molar-refractivity contribution in [3.8, 4) is 0 Å². The zero-order chi connectivity index (χ0) is 20.5. The lowest BCUT2D eigenvalue weighted by atomic mass is 10.1. The Morgan fingerprint density at radius 3 is 2.25 bits per heavy atom. The summed E-state index contributed by atoms with van der Waals surface area (Å²) in [5, 5.41) is 3.62. The highest BCUT2D eigenvalue weighted by Gasteiger charge is 2.26. The number of benzene rings is 2. The Morgan fingerprint density at radius 1 is 1.00 bits per heavy atom. The normalized spacial score (nSPS) is 12.9. The summed E-state index contributed by atoms with van der Waals surface area (Å²) in [6, 6.07) is 16.8. The van der Waals surface area contributed by atoms with Crippen molar-refractivity contribution < 1.29 is 9.59 Å². The molecule has 0 fully saturated rings. The molecule has 4 nitrogen and oxygen atoms in total. The number of nitrogens with one attached hydrogen (secondary N) is 1. The van der Waals surface area contributed by atoms with E-state index in [-0.39, 0.29) is 24.3 Å². The topological polar surface area (TPSA) is 49.4 Å². The summed E-state index contributed by atoms with van der Waals surface area (Å²) >= 11 is 5.93. The maximum absolute atomic E-state index is 13.0. The average Bonchev–Trinajstić information content (AvgIpc) is 2.70. The fraction of sp³-hybridized carbons (Fsp3) is 0.391. The van der Waals surface area contributed by atoms with Gasteiger partial charge in [0, 0.05) is 17.6 Å². The number of hydrogen-bond donors (Lipinski definition) is 1. The highest BCUT2D eigenvalue weighted by Crippen LogP contribution is 2.13. The molecule has 1 N–H and O–H groups in total. The van der Waals surface area contributed by atoms with Crippen molar-refractivity contribution in [1.82, 2.24) is 10.2 Å². The number of hydrogen-bond acceptors (Lipinski definition) is 2. The number of carbonyl (C=O) groups excluding carboxylic acids is 2. The molecule has 0 aliphatic rings. The Morgan fingerprint density at radius 2 is 1.64 bits per heavy atom. The monoisotopic (exact) mass is 400 g/mol. The van der Waals surface area contributed by atoms with E-state index in [2.05, 4.69) is 5.32 Å². The summed E-state index contributed by atoms with van der Waals surface area (Å²) in [5.41, 5.74) is 2.02. The van der Waals surface area contributed by atoms with Crippen LogP contribution < -0.4 is 5.32 Å². The molecule has 0 heterocycles. The van der Waals surface area contributed by atoms with Gasteiger partial charge < -0.3 is 10.2 Å². The summed E-state index contributed by atoms with van der Waals surface area (Å²) in [6.45, 7) is 6.27. The second kappa shape index (κ2) is 10.9. The molecule has 2 aromatic carbocycles. The van der Waals surface area contributed by atoms with E-state index >= 15 is 0 Å². The molecule has 2 aromatic rings. The van der Waals surface area contributed by atoms with Crippen molar-refractivity contribution in [2.24, 2.45) is 0 Å². The van der Waals surface area contributed by atoms with Crippen LogP contribution in [0.5, 0.6) is 0 Å². The van der Waals surface area contributed by atoms with Gasteiger partial charge >= 0.3 is 0 Å². The predicted molar refractivity (Wildman–Crippen MR) is 114 cm³/mol. The van der Waals surface area contributed by atoms with Crippen molar-refractivity contribution >= 4 is 23.4 Å². The van der Waals surface area contributed by atoms with Crippen molar-refractivity contribution in [2.75, 3.05) is 6.54 Å². The van der Waals surface area contributed by atoms with E-state index in [0.29, 0.717) is 18.0 Å². The molecule has 150 valence electrons. The number of halogens is 1. The third-order valence-corrected chi connectivity index (χ3v) is 5.17. The lowest BCUT2D eigenvalue weighted by Gasteiger charge is -2.29. The molecule has 0 saturated heterocycles. The van der Waals surface area contributed by atoms with Crippen molar-refractivity contribution in [1.29, 1.82) is 0 Å². The molecule has 0 saturated carbocycles. The Labute approximate surface area is 172 Å². The third kappa shape index (κ3) is 6.68. The van der Waals surface area contributed by atoms with Gasteiger partial charge in [-0.2, -0.15) is 0 Å². The quantitative estimate of drug-likeness (QED) is 0.683. The van der Waals surface area contributed by atoms with Crippen LogP contribution in [-0.4, -0.2) is 35.3 Å². The Kier molecular flexibility index (Phi) is 8.52. The lowest BCUT2D eigenvalue weighted by molar-refractivity contribution is -0.139. The minimum atomic E-state index is -0.530. The Bertz CT molecular complexity index is 762. The molecule has 2 rings (SSSR count). The van der Waals surface area contributed by atoms with Crippen LogP contribution in [0, 0.1) is 0 Å². The van der Waals surface area contributed by atoms with Crippen LogP contribution in [0.4, 0.5) is 0 Å². The fourth-order valence-corrected chi connectivity index (χ4v) is 3.04. The average molecular weight is 401 g/mol. The number of amides is 2. The van der Waals surface area contributed by atoms with Gasteiger partial charge in [0.15, 0.2) is 0 Å². The summed E-state index contributed by atoms with van der Waals surface area (Å²) in [6.07, 6.45) is 1.79. The molecular weight excluding hydrogens is 372 g/mol. The van der Waals surface area contributed by atoms with Crippen LogP contribution in [0.25, 0.3) is 0 Å². The summed E-state index contributed by atoms with van der Waals surface area (Å²) in [4.78, 5) is 27.4. The van der Waals surface area contributed by atoms with Gasteiger partial charge in [0.25, 0.3) is 0 Å². The summed E-state index contributed by atoms with van der Waals surface area (Å²) in [7, 11) is 0. The molecule has 0 spiro atoms. The van der Waals surface area contributed by atoms with E-state index in [9.17, 15) is 9.59 Å². The smallest absolute Gasteiger partial charge is 0.242 e. The zero-order valence-corrected chi connectivity index (χ0v) is 17.6. The zero-order valence-electron chi connectivity index (χ0n) is 16.8. The van der Waals surface area contributed by atoms with E-state index in [4.69, 9.17) is 11.6 Å². The molecule has 0 unspecified atom stereocenters. The first-order valence-corrected chi connectivity index (χ1v) is 10.2. The molecule has 28 heavy (non-hydrogen) atoms. The summed E-state index contributed by atoms with van der Waals surface area (Å²) < 4.78 is 0. The second-order valence-corrected chi connectivity index (χ2v) is 7.56. The Balaban J connectivity index is 2.12. The number of carbonyl (C=O) groups is 2. The van der Waals surface area contributed by atoms with E-state index in [1.165, 1.54) is 0 Å².